The fourth-order valence-electron chi connectivity index (χ4n) is 4.00. The average molecular weight is 540 g/mol. The first-order valence-electron chi connectivity index (χ1n) is 12.4. The first-order chi connectivity index (χ1) is 18.0. The standard InChI is InChI=1S/C29H34FN3O4S/c1-22(2)19-31-29(35)27(17-23-11-6-4-7-12-23)32(20-24-13-8-5-9-14-24)28(34)21-33(38(3,36)37)26-16-10-15-25(30)18-26/h4-16,18,22,27H,17,19-21H2,1-3H3,(H,31,35)/t27-/m0/s1. The lowest BCUT2D eigenvalue weighted by Crippen LogP contribution is -2.53. The molecule has 0 radical (unpaired) electrons. The Morgan fingerprint density at radius 3 is 2.05 bits per heavy atom. The zero-order chi connectivity index (χ0) is 27.7. The van der Waals surface area contributed by atoms with Gasteiger partial charge in [0.2, 0.25) is 21.8 Å². The van der Waals surface area contributed by atoms with Crippen LogP contribution in [0.2, 0.25) is 0 Å². The maximum Gasteiger partial charge on any atom is 0.244 e. The summed E-state index contributed by atoms with van der Waals surface area (Å²) >= 11 is 0. The van der Waals surface area contributed by atoms with Crippen molar-refractivity contribution in [3.05, 3.63) is 102 Å². The molecule has 1 atom stereocenters. The molecular formula is C29H34FN3O4S. The summed E-state index contributed by atoms with van der Waals surface area (Å²) in [6.45, 7) is 3.88. The lowest BCUT2D eigenvalue weighted by Gasteiger charge is -2.33. The van der Waals surface area contributed by atoms with Crippen LogP contribution in [0.5, 0.6) is 0 Å². The van der Waals surface area contributed by atoms with E-state index in [4.69, 9.17) is 0 Å². The molecule has 3 aromatic carbocycles. The van der Waals surface area contributed by atoms with E-state index < -0.39 is 34.3 Å². The summed E-state index contributed by atoms with van der Waals surface area (Å²) in [4.78, 5) is 28.8. The van der Waals surface area contributed by atoms with Gasteiger partial charge in [-0.15, -0.1) is 0 Å². The fourth-order valence-corrected chi connectivity index (χ4v) is 4.84. The quantitative estimate of drug-likeness (QED) is 0.377. The molecule has 3 rings (SSSR count). The molecule has 0 saturated carbocycles. The van der Waals surface area contributed by atoms with Gasteiger partial charge in [-0.25, -0.2) is 12.8 Å². The fraction of sp³-hybridized carbons (Fsp3) is 0.310. The molecular weight excluding hydrogens is 505 g/mol. The van der Waals surface area contributed by atoms with Gasteiger partial charge in [-0.2, -0.15) is 0 Å². The molecule has 202 valence electrons. The highest BCUT2D eigenvalue weighted by molar-refractivity contribution is 7.92. The smallest absolute Gasteiger partial charge is 0.244 e. The molecule has 2 amide bonds. The summed E-state index contributed by atoms with van der Waals surface area (Å²) in [7, 11) is -3.94. The molecule has 38 heavy (non-hydrogen) atoms. The van der Waals surface area contributed by atoms with Gasteiger partial charge in [0.1, 0.15) is 18.4 Å². The van der Waals surface area contributed by atoms with E-state index in [1.54, 1.807) is 0 Å². The molecule has 9 heteroatoms. The monoisotopic (exact) mass is 539 g/mol. The number of carbonyl (C=O) groups excluding carboxylic acids is 2. The number of rotatable bonds is 12. The zero-order valence-electron chi connectivity index (χ0n) is 21.9. The molecule has 0 fully saturated rings. The molecule has 0 unspecified atom stereocenters. The van der Waals surface area contributed by atoms with Crippen LogP contribution in [-0.4, -0.2) is 50.5 Å². The van der Waals surface area contributed by atoms with Gasteiger partial charge in [0.15, 0.2) is 0 Å². The highest BCUT2D eigenvalue weighted by Gasteiger charge is 2.33. The number of nitrogens with one attached hydrogen (secondary N) is 1. The topological polar surface area (TPSA) is 86.8 Å². The van der Waals surface area contributed by atoms with E-state index in [0.717, 1.165) is 27.8 Å². The second kappa shape index (κ2) is 13.2. The second-order valence-electron chi connectivity index (χ2n) is 9.60. The van der Waals surface area contributed by atoms with E-state index in [1.165, 1.54) is 23.1 Å². The number of anilines is 1. The minimum absolute atomic E-state index is 0.0318. The lowest BCUT2D eigenvalue weighted by atomic mass is 10.0. The molecule has 3 aromatic rings. The Morgan fingerprint density at radius 1 is 0.895 bits per heavy atom. The first-order valence-corrected chi connectivity index (χ1v) is 14.3. The van der Waals surface area contributed by atoms with Crippen molar-refractivity contribution < 1.29 is 22.4 Å². The molecule has 0 aliphatic rings. The molecule has 0 saturated heterocycles. The Bertz CT molecular complexity index is 1320. The van der Waals surface area contributed by atoms with Crippen LogP contribution in [0, 0.1) is 11.7 Å². The summed E-state index contributed by atoms with van der Waals surface area (Å²) in [5, 5.41) is 2.93. The number of carbonyl (C=O) groups is 2. The normalized spacial score (nSPS) is 12.1. The van der Waals surface area contributed by atoms with E-state index in [9.17, 15) is 22.4 Å². The minimum atomic E-state index is -3.94. The van der Waals surface area contributed by atoms with Gasteiger partial charge in [0.05, 0.1) is 11.9 Å². The van der Waals surface area contributed by atoms with Gasteiger partial charge in [-0.05, 0) is 35.2 Å². The zero-order valence-corrected chi connectivity index (χ0v) is 22.7. The number of amides is 2. The molecule has 0 bridgehead atoms. The predicted molar refractivity (Wildman–Crippen MR) is 147 cm³/mol. The van der Waals surface area contributed by atoms with Crippen molar-refractivity contribution in [2.75, 3.05) is 23.7 Å². The maximum absolute atomic E-state index is 14.0. The molecule has 1 N–H and O–H groups in total. The third-order valence-corrected chi connectivity index (χ3v) is 7.07. The summed E-state index contributed by atoms with van der Waals surface area (Å²) in [6.07, 6.45) is 1.20. The van der Waals surface area contributed by atoms with Gasteiger partial charge < -0.3 is 10.2 Å². The average Bonchev–Trinajstić information content (AvgIpc) is 2.88. The SMILES string of the molecule is CC(C)CNC(=O)[C@H](Cc1ccccc1)N(Cc1ccccc1)C(=O)CN(c1cccc(F)c1)S(C)(=O)=O. The van der Waals surface area contributed by atoms with E-state index >= 15 is 0 Å². The highest BCUT2D eigenvalue weighted by atomic mass is 32.2. The Hall–Kier alpha value is -3.72. The number of benzene rings is 3. The highest BCUT2D eigenvalue weighted by Crippen LogP contribution is 2.21. The maximum atomic E-state index is 14.0. The van der Waals surface area contributed by atoms with Crippen LogP contribution in [0.4, 0.5) is 10.1 Å². The van der Waals surface area contributed by atoms with Crippen LogP contribution in [0.25, 0.3) is 0 Å². The molecule has 0 aromatic heterocycles. The molecule has 0 aliphatic heterocycles. The summed E-state index contributed by atoms with van der Waals surface area (Å²) in [5.74, 6) is -1.34. The van der Waals surface area contributed by atoms with Crippen LogP contribution in [-0.2, 0) is 32.6 Å². The third-order valence-electron chi connectivity index (χ3n) is 5.93. The van der Waals surface area contributed by atoms with Crippen LogP contribution < -0.4 is 9.62 Å². The van der Waals surface area contributed by atoms with Crippen LogP contribution in [0.1, 0.15) is 25.0 Å². The second-order valence-corrected chi connectivity index (χ2v) is 11.5. The van der Waals surface area contributed by atoms with Crippen molar-refractivity contribution in [1.82, 2.24) is 10.2 Å². The minimum Gasteiger partial charge on any atom is -0.354 e. The first kappa shape index (κ1) is 28.8. The van der Waals surface area contributed by atoms with Crippen molar-refractivity contribution in [1.29, 1.82) is 0 Å². The lowest BCUT2D eigenvalue weighted by molar-refractivity contribution is -0.140. The molecule has 7 nitrogen and oxygen atoms in total. The molecule has 0 heterocycles. The van der Waals surface area contributed by atoms with Crippen molar-refractivity contribution in [3.63, 3.8) is 0 Å². The predicted octanol–water partition coefficient (Wildman–Crippen LogP) is 4.00. The molecule has 0 aliphatic carbocycles. The van der Waals surface area contributed by atoms with Gasteiger partial charge in [0.25, 0.3) is 0 Å². The molecule has 0 spiro atoms. The van der Waals surface area contributed by atoms with Crippen LogP contribution in [0.3, 0.4) is 0 Å². The van der Waals surface area contributed by atoms with Crippen molar-refractivity contribution in [2.24, 2.45) is 5.92 Å². The Balaban J connectivity index is 2.02. The van der Waals surface area contributed by atoms with Gasteiger partial charge in [-0.1, -0.05) is 80.6 Å². The number of halogens is 1. The number of hydrogen-bond donors (Lipinski definition) is 1. The van der Waals surface area contributed by atoms with Gasteiger partial charge in [0, 0.05) is 19.5 Å². The van der Waals surface area contributed by atoms with E-state index in [2.05, 4.69) is 5.32 Å². The van der Waals surface area contributed by atoms with E-state index in [1.807, 2.05) is 74.5 Å². The largest absolute Gasteiger partial charge is 0.354 e. The van der Waals surface area contributed by atoms with E-state index in [-0.39, 0.29) is 30.5 Å². The summed E-state index contributed by atoms with van der Waals surface area (Å²) in [6, 6.07) is 22.7. The summed E-state index contributed by atoms with van der Waals surface area (Å²) in [5.41, 5.74) is 1.67. The van der Waals surface area contributed by atoms with Crippen molar-refractivity contribution in [3.8, 4) is 0 Å². The number of hydrogen-bond acceptors (Lipinski definition) is 4. The van der Waals surface area contributed by atoms with Crippen LogP contribution >= 0.6 is 0 Å². The van der Waals surface area contributed by atoms with Crippen molar-refractivity contribution in [2.45, 2.75) is 32.9 Å². The number of sulfonamides is 1. The summed E-state index contributed by atoms with van der Waals surface area (Å²) < 4.78 is 40.2. The Kier molecular flexibility index (Phi) is 10.0. The van der Waals surface area contributed by atoms with Gasteiger partial charge >= 0.3 is 0 Å². The van der Waals surface area contributed by atoms with Crippen LogP contribution in [0.15, 0.2) is 84.9 Å². The van der Waals surface area contributed by atoms with Crippen molar-refractivity contribution >= 4 is 27.5 Å². The Morgan fingerprint density at radius 2 is 1.50 bits per heavy atom. The number of nitrogens with zero attached hydrogens (tertiary/aromatic N) is 2. The van der Waals surface area contributed by atoms with E-state index in [0.29, 0.717) is 6.54 Å². The third kappa shape index (κ3) is 8.41. The van der Waals surface area contributed by atoms with Gasteiger partial charge in [-0.3, -0.25) is 13.9 Å². The Labute approximate surface area is 224 Å².